The van der Waals surface area contributed by atoms with Crippen LogP contribution in [0.1, 0.15) is 12.8 Å². The number of rotatable bonds is 1. The molecule has 0 radical (unpaired) electrons. The van der Waals surface area contributed by atoms with E-state index in [2.05, 4.69) is 0 Å². The molecule has 10 heavy (non-hydrogen) atoms. The molecule has 1 aliphatic rings. The summed E-state index contributed by atoms with van der Waals surface area (Å²) in [5.74, 6) is -0.685. The lowest BCUT2D eigenvalue weighted by Crippen LogP contribution is -2.32. The van der Waals surface area contributed by atoms with Crippen LogP contribution in [0.2, 0.25) is 0 Å². The predicted octanol–water partition coefficient (Wildman–Crippen LogP) is 0.587. The summed E-state index contributed by atoms with van der Waals surface area (Å²) < 4.78 is 0. The van der Waals surface area contributed by atoms with Gasteiger partial charge < -0.3 is 5.11 Å². The van der Waals surface area contributed by atoms with E-state index in [9.17, 15) is 4.79 Å². The molecule has 0 aromatic heterocycles. The molecule has 0 aromatic carbocycles. The van der Waals surface area contributed by atoms with Crippen molar-refractivity contribution in [3.63, 3.8) is 0 Å². The van der Waals surface area contributed by atoms with Crippen molar-refractivity contribution in [3.8, 4) is 0 Å². The first-order chi connectivity index (χ1) is 4.22. The molecule has 1 rings (SSSR count). The van der Waals surface area contributed by atoms with Crippen molar-refractivity contribution in [1.29, 1.82) is 0 Å². The van der Waals surface area contributed by atoms with Crippen LogP contribution < -0.4 is 0 Å². The van der Waals surface area contributed by atoms with Gasteiger partial charge >= 0.3 is 5.97 Å². The Kier molecular flexibility index (Phi) is 3.68. The van der Waals surface area contributed by atoms with E-state index in [1.807, 2.05) is 11.9 Å². The highest BCUT2D eigenvalue weighted by molar-refractivity contribution is 5.85. The summed E-state index contributed by atoms with van der Waals surface area (Å²) in [7, 11) is 1.85. The lowest BCUT2D eigenvalue weighted by molar-refractivity contribution is -0.141. The van der Waals surface area contributed by atoms with Crippen LogP contribution >= 0.6 is 12.4 Å². The van der Waals surface area contributed by atoms with Gasteiger partial charge in [0.2, 0.25) is 0 Å². The van der Waals surface area contributed by atoms with E-state index in [1.54, 1.807) is 0 Å². The average Bonchev–Trinajstić information content (AvgIpc) is 2.13. The second-order valence-corrected chi connectivity index (χ2v) is 2.48. The van der Waals surface area contributed by atoms with Gasteiger partial charge in [-0.1, -0.05) is 0 Å². The zero-order valence-electron chi connectivity index (χ0n) is 5.91. The number of nitrogens with zero attached hydrogens (tertiary/aromatic N) is 1. The van der Waals surface area contributed by atoms with E-state index in [0.29, 0.717) is 0 Å². The number of carbonyl (C=O) groups is 1. The molecule has 0 aromatic rings. The topological polar surface area (TPSA) is 40.5 Å². The zero-order chi connectivity index (χ0) is 6.85. The summed E-state index contributed by atoms with van der Waals surface area (Å²) in [5, 5.41) is 8.54. The first kappa shape index (κ1) is 9.72. The molecule has 1 saturated heterocycles. The Morgan fingerprint density at radius 3 is 2.50 bits per heavy atom. The van der Waals surface area contributed by atoms with Crippen molar-refractivity contribution in [2.75, 3.05) is 13.6 Å². The highest BCUT2D eigenvalue weighted by Gasteiger charge is 2.26. The number of hydrogen-bond donors (Lipinski definition) is 1. The highest BCUT2D eigenvalue weighted by atomic mass is 35.5. The fourth-order valence-electron chi connectivity index (χ4n) is 1.22. The summed E-state index contributed by atoms with van der Waals surface area (Å²) in [4.78, 5) is 12.2. The molecule has 0 bridgehead atoms. The SMILES string of the molecule is CN1CCCC1C(=O)O.Cl. The second kappa shape index (κ2) is 3.78. The summed E-state index contributed by atoms with van der Waals surface area (Å²) in [6.45, 7) is 0.928. The maximum absolute atomic E-state index is 10.4. The van der Waals surface area contributed by atoms with E-state index in [0.717, 1.165) is 19.4 Å². The third-order valence-corrected chi connectivity index (χ3v) is 1.81. The van der Waals surface area contributed by atoms with Crippen molar-refractivity contribution in [3.05, 3.63) is 0 Å². The molecule has 1 aliphatic heterocycles. The number of hydrogen-bond acceptors (Lipinski definition) is 2. The van der Waals surface area contributed by atoms with Gasteiger partial charge in [0.15, 0.2) is 0 Å². The molecule has 0 aliphatic carbocycles. The number of likely N-dealkylation sites (tertiary alicyclic amines) is 1. The van der Waals surface area contributed by atoms with E-state index in [1.165, 1.54) is 0 Å². The Morgan fingerprint density at radius 1 is 1.70 bits per heavy atom. The van der Waals surface area contributed by atoms with Gasteiger partial charge in [-0.15, -0.1) is 12.4 Å². The molecular formula is C6H12ClNO2. The molecule has 60 valence electrons. The van der Waals surface area contributed by atoms with Crippen LogP contribution in [-0.4, -0.2) is 35.6 Å². The molecule has 4 heteroatoms. The normalized spacial score (nSPS) is 25.9. The molecule has 1 heterocycles. The lowest BCUT2D eigenvalue weighted by Gasteiger charge is -2.13. The number of carboxylic acid groups (broad SMARTS) is 1. The Morgan fingerprint density at radius 2 is 2.30 bits per heavy atom. The first-order valence-corrected chi connectivity index (χ1v) is 3.15. The Hall–Kier alpha value is -0.280. The zero-order valence-corrected chi connectivity index (χ0v) is 6.73. The van der Waals surface area contributed by atoms with Gasteiger partial charge in [0.05, 0.1) is 0 Å². The third kappa shape index (κ3) is 1.85. The Bertz CT molecular complexity index is 129. The van der Waals surface area contributed by atoms with E-state index in [4.69, 9.17) is 5.11 Å². The van der Waals surface area contributed by atoms with Gasteiger partial charge in [0.1, 0.15) is 6.04 Å². The smallest absolute Gasteiger partial charge is 0.320 e. The minimum Gasteiger partial charge on any atom is -0.480 e. The summed E-state index contributed by atoms with van der Waals surface area (Å²) >= 11 is 0. The molecular weight excluding hydrogens is 154 g/mol. The van der Waals surface area contributed by atoms with Crippen LogP contribution in [-0.2, 0) is 4.79 Å². The van der Waals surface area contributed by atoms with Gasteiger partial charge in [0, 0.05) is 0 Å². The Labute approximate surface area is 66.4 Å². The molecule has 0 spiro atoms. The standard InChI is InChI=1S/C6H11NO2.ClH/c1-7-4-2-3-5(7)6(8)9;/h5H,2-4H2,1H3,(H,8,9);1H. The average molecular weight is 166 g/mol. The van der Waals surface area contributed by atoms with Crippen LogP contribution in [0.25, 0.3) is 0 Å². The maximum Gasteiger partial charge on any atom is 0.320 e. The van der Waals surface area contributed by atoms with Crippen LogP contribution in [0.5, 0.6) is 0 Å². The van der Waals surface area contributed by atoms with Crippen molar-refractivity contribution >= 4 is 18.4 Å². The number of aliphatic carboxylic acids is 1. The molecule has 1 fully saturated rings. The van der Waals surface area contributed by atoms with E-state index >= 15 is 0 Å². The van der Waals surface area contributed by atoms with Gasteiger partial charge in [-0.3, -0.25) is 9.69 Å². The summed E-state index contributed by atoms with van der Waals surface area (Å²) in [5.41, 5.74) is 0. The molecule has 3 nitrogen and oxygen atoms in total. The van der Waals surface area contributed by atoms with Crippen molar-refractivity contribution in [2.24, 2.45) is 0 Å². The molecule has 0 amide bonds. The molecule has 1 N–H and O–H groups in total. The Balaban J connectivity index is 0.000000810. The fraction of sp³-hybridized carbons (Fsp3) is 0.833. The fourth-order valence-corrected chi connectivity index (χ4v) is 1.22. The monoisotopic (exact) mass is 165 g/mol. The van der Waals surface area contributed by atoms with E-state index < -0.39 is 5.97 Å². The molecule has 1 atom stereocenters. The minimum absolute atomic E-state index is 0. The number of carboxylic acids is 1. The van der Waals surface area contributed by atoms with Crippen molar-refractivity contribution < 1.29 is 9.90 Å². The minimum atomic E-state index is -0.685. The highest BCUT2D eigenvalue weighted by Crippen LogP contribution is 2.13. The van der Waals surface area contributed by atoms with Crippen LogP contribution in [0.4, 0.5) is 0 Å². The third-order valence-electron chi connectivity index (χ3n) is 1.81. The number of likely N-dealkylation sites (N-methyl/N-ethyl adjacent to an activating group) is 1. The summed E-state index contributed by atoms with van der Waals surface area (Å²) in [6.07, 6.45) is 1.83. The van der Waals surface area contributed by atoms with Gasteiger partial charge in [-0.25, -0.2) is 0 Å². The van der Waals surface area contributed by atoms with Crippen molar-refractivity contribution in [2.45, 2.75) is 18.9 Å². The number of halogens is 1. The lowest BCUT2D eigenvalue weighted by atomic mass is 10.2. The second-order valence-electron chi connectivity index (χ2n) is 2.48. The maximum atomic E-state index is 10.4. The first-order valence-electron chi connectivity index (χ1n) is 3.15. The largest absolute Gasteiger partial charge is 0.480 e. The van der Waals surface area contributed by atoms with E-state index in [-0.39, 0.29) is 18.4 Å². The summed E-state index contributed by atoms with van der Waals surface area (Å²) in [6, 6.07) is -0.218. The van der Waals surface area contributed by atoms with Gasteiger partial charge in [-0.05, 0) is 26.4 Å². The molecule has 0 saturated carbocycles. The van der Waals surface area contributed by atoms with Crippen molar-refractivity contribution in [1.82, 2.24) is 4.90 Å². The predicted molar refractivity (Wildman–Crippen MR) is 40.5 cm³/mol. The van der Waals surface area contributed by atoms with Gasteiger partial charge in [0.25, 0.3) is 0 Å². The van der Waals surface area contributed by atoms with Gasteiger partial charge in [-0.2, -0.15) is 0 Å². The van der Waals surface area contributed by atoms with Crippen LogP contribution in [0.15, 0.2) is 0 Å². The molecule has 1 unspecified atom stereocenters. The van der Waals surface area contributed by atoms with Crippen LogP contribution in [0.3, 0.4) is 0 Å². The van der Waals surface area contributed by atoms with Crippen LogP contribution in [0, 0.1) is 0 Å². The quantitative estimate of drug-likeness (QED) is 0.618.